The molecule has 0 atom stereocenters. The fourth-order valence-corrected chi connectivity index (χ4v) is 2.12. The lowest BCUT2D eigenvalue weighted by molar-refractivity contribution is -0.128. The Hall–Kier alpha value is -1.76. The quantitative estimate of drug-likeness (QED) is 0.782. The predicted octanol–water partition coefficient (Wildman–Crippen LogP) is 2.21. The van der Waals surface area contributed by atoms with Gasteiger partial charge in [0.2, 0.25) is 5.91 Å². The summed E-state index contributed by atoms with van der Waals surface area (Å²) >= 11 is 1.37. The summed E-state index contributed by atoms with van der Waals surface area (Å²) in [5.41, 5.74) is 0.795. The van der Waals surface area contributed by atoms with Crippen molar-refractivity contribution in [3.05, 3.63) is 18.1 Å². The van der Waals surface area contributed by atoms with Crippen LogP contribution >= 0.6 is 11.8 Å². The molecule has 0 spiro atoms. The lowest BCUT2D eigenvalue weighted by atomic mass is 10.3. The third kappa shape index (κ3) is 3.37. The Morgan fingerprint density at radius 2 is 2.21 bits per heavy atom. The van der Waals surface area contributed by atoms with Crippen molar-refractivity contribution in [1.82, 2.24) is 15.1 Å². The zero-order valence-corrected chi connectivity index (χ0v) is 11.9. The van der Waals surface area contributed by atoms with Crippen LogP contribution in [0.4, 0.5) is 0 Å². The monoisotopic (exact) mass is 281 g/mol. The number of carbonyl (C=O) groups excluding carboxylic acids is 1. The largest absolute Gasteiger partial charge is 0.469 e. The standard InChI is InChI=1S/C12H15N3O3S/c1-8-9(4-6-17-8)11-13-14-12(18-11)19-7-5-10(16)15(2)3/h4,6H,5,7H2,1-3H3. The molecule has 0 radical (unpaired) electrons. The van der Waals surface area contributed by atoms with E-state index in [2.05, 4.69) is 10.2 Å². The number of hydrogen-bond donors (Lipinski definition) is 0. The van der Waals surface area contributed by atoms with E-state index in [4.69, 9.17) is 8.83 Å². The van der Waals surface area contributed by atoms with E-state index in [9.17, 15) is 4.79 Å². The van der Waals surface area contributed by atoms with E-state index < -0.39 is 0 Å². The van der Waals surface area contributed by atoms with E-state index in [0.717, 1.165) is 11.3 Å². The normalized spacial score (nSPS) is 10.7. The molecule has 2 aromatic heterocycles. The van der Waals surface area contributed by atoms with Crippen molar-refractivity contribution >= 4 is 17.7 Å². The van der Waals surface area contributed by atoms with E-state index >= 15 is 0 Å². The van der Waals surface area contributed by atoms with Crippen LogP contribution in [-0.2, 0) is 4.79 Å². The van der Waals surface area contributed by atoms with Crippen molar-refractivity contribution in [2.45, 2.75) is 18.6 Å². The van der Waals surface area contributed by atoms with Crippen LogP contribution in [-0.4, -0.2) is 40.9 Å². The van der Waals surface area contributed by atoms with Crippen molar-refractivity contribution in [3.8, 4) is 11.5 Å². The molecule has 0 saturated carbocycles. The Balaban J connectivity index is 1.92. The zero-order chi connectivity index (χ0) is 13.8. The van der Waals surface area contributed by atoms with Gasteiger partial charge in [0, 0.05) is 26.3 Å². The highest BCUT2D eigenvalue weighted by atomic mass is 32.2. The van der Waals surface area contributed by atoms with Gasteiger partial charge in [0.25, 0.3) is 11.1 Å². The van der Waals surface area contributed by atoms with E-state index in [0.29, 0.717) is 23.3 Å². The molecule has 0 aliphatic rings. The van der Waals surface area contributed by atoms with Crippen molar-refractivity contribution in [3.63, 3.8) is 0 Å². The van der Waals surface area contributed by atoms with Crippen molar-refractivity contribution in [2.75, 3.05) is 19.8 Å². The van der Waals surface area contributed by atoms with Gasteiger partial charge in [-0.1, -0.05) is 11.8 Å². The molecule has 0 saturated heterocycles. The molecular weight excluding hydrogens is 266 g/mol. The summed E-state index contributed by atoms with van der Waals surface area (Å²) < 4.78 is 10.7. The van der Waals surface area contributed by atoms with Crippen LogP contribution in [0, 0.1) is 6.92 Å². The number of nitrogens with zero attached hydrogens (tertiary/aromatic N) is 3. The topological polar surface area (TPSA) is 72.4 Å². The number of hydrogen-bond acceptors (Lipinski definition) is 6. The summed E-state index contributed by atoms with van der Waals surface area (Å²) in [4.78, 5) is 13.0. The number of furan rings is 1. The second-order valence-electron chi connectivity index (χ2n) is 4.15. The first-order valence-electron chi connectivity index (χ1n) is 5.79. The second kappa shape index (κ2) is 5.92. The molecule has 7 heteroatoms. The Bertz CT molecular complexity index is 562. The van der Waals surface area contributed by atoms with Gasteiger partial charge >= 0.3 is 0 Å². The van der Waals surface area contributed by atoms with Crippen LogP contribution < -0.4 is 0 Å². The highest BCUT2D eigenvalue weighted by Gasteiger charge is 2.13. The van der Waals surface area contributed by atoms with Crippen LogP contribution in [0.15, 0.2) is 26.4 Å². The van der Waals surface area contributed by atoms with Gasteiger partial charge in [0.15, 0.2) is 0 Å². The van der Waals surface area contributed by atoms with Gasteiger partial charge in [-0.2, -0.15) is 0 Å². The predicted molar refractivity (Wildman–Crippen MR) is 70.8 cm³/mol. The smallest absolute Gasteiger partial charge is 0.276 e. The maximum atomic E-state index is 11.4. The van der Waals surface area contributed by atoms with Crippen LogP contribution in [0.2, 0.25) is 0 Å². The third-order valence-electron chi connectivity index (χ3n) is 2.54. The van der Waals surface area contributed by atoms with E-state index in [1.54, 1.807) is 31.3 Å². The molecule has 2 rings (SSSR count). The van der Waals surface area contributed by atoms with Gasteiger partial charge in [-0.3, -0.25) is 4.79 Å². The van der Waals surface area contributed by atoms with Crippen molar-refractivity contribution in [1.29, 1.82) is 0 Å². The summed E-state index contributed by atoms with van der Waals surface area (Å²) in [6.45, 7) is 1.84. The van der Waals surface area contributed by atoms with Gasteiger partial charge in [-0.25, -0.2) is 0 Å². The van der Waals surface area contributed by atoms with E-state index in [1.807, 2.05) is 6.92 Å². The molecule has 2 heterocycles. The Morgan fingerprint density at radius 1 is 1.42 bits per heavy atom. The molecule has 1 amide bonds. The fourth-order valence-electron chi connectivity index (χ4n) is 1.43. The molecule has 0 N–H and O–H groups in total. The average molecular weight is 281 g/mol. The summed E-state index contributed by atoms with van der Waals surface area (Å²) in [5.74, 6) is 1.87. The molecule has 0 unspecified atom stereocenters. The molecule has 0 aromatic carbocycles. The molecule has 2 aromatic rings. The summed E-state index contributed by atoms with van der Waals surface area (Å²) in [7, 11) is 3.47. The van der Waals surface area contributed by atoms with Gasteiger partial charge in [0.1, 0.15) is 5.76 Å². The first-order chi connectivity index (χ1) is 9.08. The number of rotatable bonds is 5. The molecule has 0 aliphatic carbocycles. The van der Waals surface area contributed by atoms with Crippen molar-refractivity contribution < 1.29 is 13.6 Å². The lowest BCUT2D eigenvalue weighted by Crippen LogP contribution is -2.21. The Kier molecular flexibility index (Phi) is 4.26. The Labute approximate surface area is 115 Å². The average Bonchev–Trinajstić information content (AvgIpc) is 2.97. The van der Waals surface area contributed by atoms with Crippen LogP contribution in [0.3, 0.4) is 0 Å². The molecular formula is C12H15N3O3S. The number of aryl methyl sites for hydroxylation is 1. The van der Waals surface area contributed by atoms with E-state index in [-0.39, 0.29) is 5.91 Å². The molecule has 19 heavy (non-hydrogen) atoms. The van der Waals surface area contributed by atoms with Gasteiger partial charge in [0.05, 0.1) is 11.8 Å². The summed E-state index contributed by atoms with van der Waals surface area (Å²) in [6, 6.07) is 1.78. The fraction of sp³-hybridized carbons (Fsp3) is 0.417. The Morgan fingerprint density at radius 3 is 2.84 bits per heavy atom. The maximum absolute atomic E-state index is 11.4. The highest BCUT2D eigenvalue weighted by Crippen LogP contribution is 2.26. The number of carbonyl (C=O) groups is 1. The van der Waals surface area contributed by atoms with Crippen LogP contribution in [0.1, 0.15) is 12.2 Å². The number of amides is 1. The van der Waals surface area contributed by atoms with Gasteiger partial charge < -0.3 is 13.7 Å². The molecule has 0 aliphatic heterocycles. The molecule has 0 fully saturated rings. The first kappa shape index (κ1) is 13.7. The van der Waals surface area contributed by atoms with Crippen LogP contribution in [0.25, 0.3) is 11.5 Å². The minimum atomic E-state index is 0.0814. The molecule has 6 nitrogen and oxygen atoms in total. The van der Waals surface area contributed by atoms with E-state index in [1.165, 1.54) is 11.8 Å². The maximum Gasteiger partial charge on any atom is 0.276 e. The SMILES string of the molecule is Cc1occc1-c1nnc(SCCC(=O)N(C)C)o1. The lowest BCUT2D eigenvalue weighted by Gasteiger charge is -2.08. The first-order valence-corrected chi connectivity index (χ1v) is 6.77. The third-order valence-corrected chi connectivity index (χ3v) is 3.36. The van der Waals surface area contributed by atoms with Gasteiger partial charge in [-0.15, -0.1) is 10.2 Å². The minimum Gasteiger partial charge on any atom is -0.469 e. The van der Waals surface area contributed by atoms with Gasteiger partial charge in [-0.05, 0) is 13.0 Å². The highest BCUT2D eigenvalue weighted by molar-refractivity contribution is 7.99. The van der Waals surface area contributed by atoms with Crippen molar-refractivity contribution in [2.24, 2.45) is 0 Å². The molecule has 102 valence electrons. The zero-order valence-electron chi connectivity index (χ0n) is 11.0. The number of thioether (sulfide) groups is 1. The van der Waals surface area contributed by atoms with Crippen LogP contribution in [0.5, 0.6) is 0 Å². The second-order valence-corrected chi connectivity index (χ2v) is 5.20. The summed E-state index contributed by atoms with van der Waals surface area (Å²) in [6.07, 6.45) is 2.03. The minimum absolute atomic E-state index is 0.0814. The number of aromatic nitrogens is 2. The summed E-state index contributed by atoms with van der Waals surface area (Å²) in [5, 5.41) is 8.35. The molecule has 0 bridgehead atoms.